The van der Waals surface area contributed by atoms with E-state index in [1.807, 2.05) is 24.1 Å². The molecule has 1 amide bonds. The third kappa shape index (κ3) is 3.99. The molecule has 0 atom stereocenters. The maximum absolute atomic E-state index is 12.8. The van der Waals surface area contributed by atoms with Crippen molar-refractivity contribution in [2.45, 2.75) is 32.1 Å². The van der Waals surface area contributed by atoms with Gasteiger partial charge in [-0.1, -0.05) is 41.9 Å². The topological polar surface area (TPSA) is 46.3 Å². The number of hydrogen-bond donors (Lipinski definition) is 1. The molecule has 0 aliphatic heterocycles. The fourth-order valence-electron chi connectivity index (χ4n) is 2.66. The molecule has 1 saturated carbocycles. The molecule has 118 valence electrons. The van der Waals surface area contributed by atoms with Gasteiger partial charge in [-0.15, -0.1) is 12.4 Å². The highest BCUT2D eigenvalue weighted by Gasteiger charge is 2.52. The minimum atomic E-state index is -0.292. The summed E-state index contributed by atoms with van der Waals surface area (Å²) in [5, 5.41) is 0. The van der Waals surface area contributed by atoms with Gasteiger partial charge in [0.15, 0.2) is 0 Å². The lowest BCUT2D eigenvalue weighted by atomic mass is 9.90. The predicted molar refractivity (Wildman–Crippen MR) is 92.8 cm³/mol. The zero-order valence-corrected chi connectivity index (χ0v) is 15.3. The Kier molecular flexibility index (Phi) is 5.87. The van der Waals surface area contributed by atoms with E-state index >= 15 is 0 Å². The van der Waals surface area contributed by atoms with Crippen molar-refractivity contribution in [2.24, 2.45) is 11.1 Å². The summed E-state index contributed by atoms with van der Waals surface area (Å²) in [5.41, 5.74) is 6.56. The van der Waals surface area contributed by atoms with Crippen molar-refractivity contribution in [2.75, 3.05) is 20.1 Å². The molecule has 1 aromatic carbocycles. The van der Waals surface area contributed by atoms with Crippen LogP contribution in [0.4, 0.5) is 0 Å². The molecule has 0 bridgehead atoms. The minimum Gasteiger partial charge on any atom is -0.344 e. The van der Waals surface area contributed by atoms with Crippen LogP contribution < -0.4 is 5.73 Å². The van der Waals surface area contributed by atoms with Gasteiger partial charge in [0.2, 0.25) is 5.91 Å². The zero-order valence-electron chi connectivity index (χ0n) is 12.9. The number of nitrogens with zero attached hydrogens (tertiary/aromatic N) is 1. The Morgan fingerprint density at radius 3 is 2.29 bits per heavy atom. The Balaban J connectivity index is 0.00000220. The second-order valence-electron chi connectivity index (χ2n) is 6.62. The Hall–Kier alpha value is -0.580. The van der Waals surface area contributed by atoms with Crippen LogP contribution in [0, 0.1) is 5.41 Å². The molecular formula is C16H24BrClN2O. The van der Waals surface area contributed by atoms with Crippen molar-refractivity contribution >= 4 is 34.2 Å². The van der Waals surface area contributed by atoms with Crippen molar-refractivity contribution in [3.63, 3.8) is 0 Å². The molecule has 0 radical (unpaired) electrons. The molecule has 1 fully saturated rings. The molecule has 0 unspecified atom stereocenters. The largest absolute Gasteiger partial charge is 0.344 e. The van der Waals surface area contributed by atoms with Gasteiger partial charge in [-0.25, -0.2) is 0 Å². The van der Waals surface area contributed by atoms with Crippen LogP contribution >= 0.6 is 28.3 Å². The minimum absolute atomic E-state index is 0. The van der Waals surface area contributed by atoms with Crippen molar-refractivity contribution in [1.29, 1.82) is 0 Å². The van der Waals surface area contributed by atoms with Gasteiger partial charge in [-0.3, -0.25) is 4.79 Å². The lowest BCUT2D eigenvalue weighted by Crippen LogP contribution is -2.44. The molecule has 0 heterocycles. The van der Waals surface area contributed by atoms with Crippen molar-refractivity contribution < 1.29 is 4.79 Å². The van der Waals surface area contributed by atoms with Crippen LogP contribution in [-0.2, 0) is 10.2 Å². The van der Waals surface area contributed by atoms with Gasteiger partial charge in [0, 0.05) is 18.1 Å². The molecule has 5 heteroatoms. The van der Waals surface area contributed by atoms with Crippen molar-refractivity contribution in [1.82, 2.24) is 4.90 Å². The predicted octanol–water partition coefficient (Wildman–Crippen LogP) is 3.35. The van der Waals surface area contributed by atoms with Gasteiger partial charge in [-0.2, -0.15) is 0 Å². The fraction of sp³-hybridized carbons (Fsp3) is 0.562. The van der Waals surface area contributed by atoms with Gasteiger partial charge >= 0.3 is 0 Å². The van der Waals surface area contributed by atoms with E-state index in [1.54, 1.807) is 0 Å². The summed E-state index contributed by atoms with van der Waals surface area (Å²) >= 11 is 3.44. The lowest BCUT2D eigenvalue weighted by Gasteiger charge is -2.31. The summed E-state index contributed by atoms with van der Waals surface area (Å²) < 4.78 is 1.04. The number of amides is 1. The van der Waals surface area contributed by atoms with E-state index < -0.39 is 0 Å². The molecule has 0 spiro atoms. The first-order chi connectivity index (χ1) is 9.31. The van der Waals surface area contributed by atoms with Gasteiger partial charge in [0.25, 0.3) is 0 Å². The van der Waals surface area contributed by atoms with E-state index in [4.69, 9.17) is 5.73 Å². The number of likely N-dealkylation sites (N-methyl/N-ethyl adjacent to an activating group) is 1. The quantitative estimate of drug-likeness (QED) is 0.858. The number of carbonyl (C=O) groups excluding carboxylic acids is 1. The second-order valence-corrected chi connectivity index (χ2v) is 7.53. The number of carbonyl (C=O) groups is 1. The molecule has 1 aliphatic carbocycles. The first-order valence-corrected chi connectivity index (χ1v) is 7.82. The van der Waals surface area contributed by atoms with E-state index in [0.717, 1.165) is 22.9 Å². The highest BCUT2D eigenvalue weighted by molar-refractivity contribution is 9.10. The third-order valence-corrected chi connectivity index (χ3v) is 4.65. The van der Waals surface area contributed by atoms with Crippen LogP contribution in [0.15, 0.2) is 28.7 Å². The molecule has 0 aromatic heterocycles. The smallest absolute Gasteiger partial charge is 0.232 e. The zero-order chi connectivity index (χ0) is 15.0. The van der Waals surface area contributed by atoms with Crippen LogP contribution in [0.25, 0.3) is 0 Å². The fourth-order valence-corrected chi connectivity index (χ4v) is 2.93. The maximum Gasteiger partial charge on any atom is 0.232 e. The molecule has 2 rings (SSSR count). The number of benzene rings is 1. The third-order valence-electron chi connectivity index (χ3n) is 4.12. The van der Waals surface area contributed by atoms with Crippen LogP contribution in [0.3, 0.4) is 0 Å². The Morgan fingerprint density at radius 2 is 1.86 bits per heavy atom. The standard InChI is InChI=1S/C16H23BrN2O.ClH/c1-15(2,10-18)11-19(3)14(20)16(8-9-16)12-4-6-13(17)7-5-12;/h4-7H,8-11,18H2,1-3H3;1H. The van der Waals surface area contributed by atoms with Crippen LogP contribution in [-0.4, -0.2) is 30.9 Å². The number of rotatable bonds is 5. The molecule has 2 N–H and O–H groups in total. The molecule has 1 aromatic rings. The van der Waals surface area contributed by atoms with Crippen molar-refractivity contribution in [3.8, 4) is 0 Å². The summed E-state index contributed by atoms with van der Waals surface area (Å²) in [7, 11) is 1.89. The molecular weight excluding hydrogens is 352 g/mol. The van der Waals surface area contributed by atoms with Crippen LogP contribution in [0.1, 0.15) is 32.3 Å². The molecule has 1 aliphatic rings. The highest BCUT2D eigenvalue weighted by atomic mass is 79.9. The second kappa shape index (κ2) is 6.67. The average Bonchev–Trinajstić information content (AvgIpc) is 3.19. The van der Waals surface area contributed by atoms with Gasteiger partial charge in [0.1, 0.15) is 0 Å². The molecule has 0 saturated heterocycles. The Bertz CT molecular complexity index is 498. The summed E-state index contributed by atoms with van der Waals surface area (Å²) in [6.45, 7) is 5.46. The molecule has 3 nitrogen and oxygen atoms in total. The normalized spacial score (nSPS) is 16.0. The van der Waals surface area contributed by atoms with Gasteiger partial charge in [0.05, 0.1) is 5.41 Å². The van der Waals surface area contributed by atoms with Crippen molar-refractivity contribution in [3.05, 3.63) is 34.3 Å². The average molecular weight is 376 g/mol. The number of nitrogens with two attached hydrogens (primary N) is 1. The highest BCUT2D eigenvalue weighted by Crippen LogP contribution is 2.49. The number of hydrogen-bond acceptors (Lipinski definition) is 2. The summed E-state index contributed by atoms with van der Waals surface area (Å²) in [4.78, 5) is 14.6. The first kappa shape index (κ1) is 18.5. The van der Waals surface area contributed by atoms with E-state index in [0.29, 0.717) is 13.1 Å². The summed E-state index contributed by atoms with van der Waals surface area (Å²) in [5.74, 6) is 0.223. The van der Waals surface area contributed by atoms with Crippen LogP contribution in [0.5, 0.6) is 0 Å². The van der Waals surface area contributed by atoms with Gasteiger partial charge in [-0.05, 0) is 42.5 Å². The van der Waals surface area contributed by atoms with E-state index in [1.165, 1.54) is 0 Å². The van der Waals surface area contributed by atoms with Gasteiger partial charge < -0.3 is 10.6 Å². The van der Waals surface area contributed by atoms with E-state index in [-0.39, 0.29) is 29.1 Å². The summed E-state index contributed by atoms with van der Waals surface area (Å²) in [6.07, 6.45) is 1.89. The summed E-state index contributed by atoms with van der Waals surface area (Å²) in [6, 6.07) is 8.12. The monoisotopic (exact) mass is 374 g/mol. The Labute approximate surface area is 141 Å². The van der Waals surface area contributed by atoms with Crippen LogP contribution in [0.2, 0.25) is 0 Å². The van der Waals surface area contributed by atoms with E-state index in [2.05, 4.69) is 41.9 Å². The Morgan fingerprint density at radius 1 is 1.33 bits per heavy atom. The van der Waals surface area contributed by atoms with E-state index in [9.17, 15) is 4.79 Å². The maximum atomic E-state index is 12.8. The number of halogens is 2. The first-order valence-electron chi connectivity index (χ1n) is 7.02. The SMILES string of the molecule is CN(CC(C)(C)CN)C(=O)C1(c2ccc(Br)cc2)CC1.Cl. The lowest BCUT2D eigenvalue weighted by molar-refractivity contribution is -0.133. The molecule has 21 heavy (non-hydrogen) atoms.